The van der Waals surface area contributed by atoms with Crippen LogP contribution in [0.5, 0.6) is 0 Å². The van der Waals surface area contributed by atoms with Crippen LogP contribution in [-0.2, 0) is 14.3 Å². The highest BCUT2D eigenvalue weighted by Gasteiger charge is 2.38. The Morgan fingerprint density at radius 2 is 2.12 bits per heavy atom. The Balaban J connectivity index is 2.44. The van der Waals surface area contributed by atoms with Crippen LogP contribution >= 0.6 is 0 Å². The predicted molar refractivity (Wildman–Crippen MR) is 56.1 cm³/mol. The summed E-state index contributed by atoms with van der Waals surface area (Å²) in [6.45, 7) is -0.389. The molecule has 1 rings (SSSR count). The summed E-state index contributed by atoms with van der Waals surface area (Å²) in [4.78, 5) is 21.4. The Morgan fingerprint density at radius 3 is 2.71 bits per heavy atom. The van der Waals surface area contributed by atoms with Crippen molar-refractivity contribution in [2.24, 2.45) is 0 Å². The van der Waals surface area contributed by atoms with E-state index in [9.17, 15) is 19.8 Å². The van der Waals surface area contributed by atoms with Crippen molar-refractivity contribution in [3.05, 3.63) is 0 Å². The molecule has 0 bridgehead atoms. The third kappa shape index (κ3) is 3.74. The van der Waals surface area contributed by atoms with Gasteiger partial charge >= 0.3 is 0 Å². The van der Waals surface area contributed by atoms with Crippen LogP contribution in [0.2, 0.25) is 0 Å². The summed E-state index contributed by atoms with van der Waals surface area (Å²) in [7, 11) is 0. The van der Waals surface area contributed by atoms with Crippen LogP contribution in [0.4, 0.5) is 0 Å². The maximum absolute atomic E-state index is 11.3. The first-order valence-corrected chi connectivity index (χ1v) is 5.41. The Kier molecular flexibility index (Phi) is 5.49. The molecule has 17 heavy (non-hydrogen) atoms. The molecular formula is C10H17NO6. The van der Waals surface area contributed by atoms with E-state index in [2.05, 4.69) is 5.32 Å². The summed E-state index contributed by atoms with van der Waals surface area (Å²) in [5.74, 6) is -0.389. The quantitative estimate of drug-likeness (QED) is 0.401. The van der Waals surface area contributed by atoms with E-state index in [1.54, 1.807) is 0 Å². The zero-order chi connectivity index (χ0) is 12.8. The van der Waals surface area contributed by atoms with Crippen molar-refractivity contribution in [3.63, 3.8) is 0 Å². The average Bonchev–Trinajstić information content (AvgIpc) is 2.33. The van der Waals surface area contributed by atoms with Crippen LogP contribution in [-0.4, -0.2) is 65.1 Å². The Bertz CT molecular complexity index is 272. The van der Waals surface area contributed by atoms with Gasteiger partial charge in [0.05, 0.1) is 19.3 Å². The number of aliphatic hydroxyl groups excluding tert-OH is 3. The summed E-state index contributed by atoms with van der Waals surface area (Å²) in [6, 6.07) is -0.730. The normalized spacial score (nSPS) is 33.1. The molecule has 7 nitrogen and oxygen atoms in total. The van der Waals surface area contributed by atoms with Crippen molar-refractivity contribution in [2.75, 3.05) is 13.2 Å². The third-order valence-corrected chi connectivity index (χ3v) is 2.65. The predicted octanol–water partition coefficient (Wildman–Crippen LogP) is -2.44. The number of carbonyl (C=O) groups is 2. The minimum absolute atomic E-state index is 0.0102. The molecule has 7 heteroatoms. The molecule has 1 aliphatic heterocycles. The Hall–Kier alpha value is -1.02. The molecule has 0 unspecified atom stereocenters. The summed E-state index contributed by atoms with van der Waals surface area (Å²) in [5, 5.41) is 30.5. The molecule has 0 radical (unpaired) electrons. The van der Waals surface area contributed by atoms with E-state index < -0.39 is 31.0 Å². The molecule has 98 valence electrons. The molecule has 1 saturated heterocycles. The average molecular weight is 247 g/mol. The van der Waals surface area contributed by atoms with Gasteiger partial charge in [-0.2, -0.15) is 0 Å². The molecule has 1 fully saturated rings. The zero-order valence-corrected chi connectivity index (χ0v) is 9.28. The van der Waals surface area contributed by atoms with Crippen LogP contribution in [0, 0.1) is 0 Å². The fourth-order valence-corrected chi connectivity index (χ4v) is 1.64. The number of carbonyl (C=O) groups excluding carboxylic acids is 2. The van der Waals surface area contributed by atoms with E-state index in [0.29, 0.717) is 6.29 Å². The SMILES string of the molecule is O=CCCC(=O)N[C@@H]1CO[C@H](CO)[C@@H](O)[C@@H]1O. The van der Waals surface area contributed by atoms with E-state index in [-0.39, 0.29) is 25.4 Å². The van der Waals surface area contributed by atoms with E-state index in [1.165, 1.54) is 0 Å². The highest BCUT2D eigenvalue weighted by atomic mass is 16.5. The minimum Gasteiger partial charge on any atom is -0.394 e. The zero-order valence-electron chi connectivity index (χ0n) is 9.28. The molecule has 4 atom stereocenters. The molecule has 0 spiro atoms. The van der Waals surface area contributed by atoms with Gasteiger partial charge < -0.3 is 30.2 Å². The molecule has 4 N–H and O–H groups in total. The van der Waals surface area contributed by atoms with Gasteiger partial charge in [0.15, 0.2) is 0 Å². The standard InChI is InChI=1S/C10H17NO6/c12-3-1-2-8(14)11-6-5-17-7(4-13)10(16)9(6)15/h3,6-7,9-10,13,15-16H,1-2,4-5H2,(H,11,14)/t6-,7-,9-,10-/m1/s1. The van der Waals surface area contributed by atoms with Crippen LogP contribution in [0.25, 0.3) is 0 Å². The third-order valence-electron chi connectivity index (χ3n) is 2.65. The summed E-state index contributed by atoms with van der Waals surface area (Å²) >= 11 is 0. The van der Waals surface area contributed by atoms with Crippen LogP contribution in [0.3, 0.4) is 0 Å². The number of nitrogens with one attached hydrogen (secondary N) is 1. The molecule has 0 saturated carbocycles. The molecule has 1 amide bonds. The van der Waals surface area contributed by atoms with Crippen molar-refractivity contribution in [2.45, 2.75) is 37.2 Å². The first-order valence-electron chi connectivity index (χ1n) is 5.41. The van der Waals surface area contributed by atoms with E-state index in [4.69, 9.17) is 9.84 Å². The molecule has 0 aromatic heterocycles. The van der Waals surface area contributed by atoms with Crippen molar-refractivity contribution in [1.29, 1.82) is 0 Å². The van der Waals surface area contributed by atoms with Gasteiger partial charge in [-0.15, -0.1) is 0 Å². The number of hydrogen-bond acceptors (Lipinski definition) is 6. The van der Waals surface area contributed by atoms with Crippen molar-refractivity contribution in [3.8, 4) is 0 Å². The smallest absolute Gasteiger partial charge is 0.220 e. The van der Waals surface area contributed by atoms with Crippen molar-refractivity contribution in [1.82, 2.24) is 5.32 Å². The lowest BCUT2D eigenvalue weighted by Gasteiger charge is -2.37. The van der Waals surface area contributed by atoms with Crippen LogP contribution in [0.1, 0.15) is 12.8 Å². The van der Waals surface area contributed by atoms with E-state index in [0.717, 1.165) is 0 Å². The largest absolute Gasteiger partial charge is 0.394 e. The molecule has 0 aromatic carbocycles. The monoisotopic (exact) mass is 247 g/mol. The molecule has 0 aliphatic carbocycles. The number of ether oxygens (including phenoxy) is 1. The van der Waals surface area contributed by atoms with Crippen LogP contribution < -0.4 is 5.32 Å². The van der Waals surface area contributed by atoms with Gasteiger partial charge in [0, 0.05) is 12.8 Å². The van der Waals surface area contributed by atoms with Gasteiger partial charge in [-0.1, -0.05) is 0 Å². The number of aliphatic hydroxyl groups is 3. The summed E-state index contributed by atoms with van der Waals surface area (Å²) in [6.07, 6.45) is -2.51. The van der Waals surface area contributed by atoms with Crippen molar-refractivity contribution >= 4 is 12.2 Å². The number of rotatable bonds is 5. The lowest BCUT2D eigenvalue weighted by Crippen LogP contribution is -2.59. The summed E-state index contributed by atoms with van der Waals surface area (Å²) in [5.41, 5.74) is 0. The van der Waals surface area contributed by atoms with Gasteiger partial charge in [-0.3, -0.25) is 4.79 Å². The number of hydrogen-bond donors (Lipinski definition) is 4. The summed E-state index contributed by atoms with van der Waals surface area (Å²) < 4.78 is 5.08. The number of aldehydes is 1. The van der Waals surface area contributed by atoms with E-state index in [1.807, 2.05) is 0 Å². The molecule has 0 aromatic rings. The topological polar surface area (TPSA) is 116 Å². The number of amides is 1. The second-order valence-electron chi connectivity index (χ2n) is 3.91. The highest BCUT2D eigenvalue weighted by Crippen LogP contribution is 2.15. The first kappa shape index (κ1) is 14.0. The van der Waals surface area contributed by atoms with Crippen LogP contribution in [0.15, 0.2) is 0 Å². The van der Waals surface area contributed by atoms with Crippen molar-refractivity contribution < 1.29 is 29.6 Å². The minimum atomic E-state index is -1.25. The Labute approximate surface area is 98.4 Å². The fourth-order valence-electron chi connectivity index (χ4n) is 1.64. The first-order chi connectivity index (χ1) is 8.10. The highest BCUT2D eigenvalue weighted by molar-refractivity contribution is 5.78. The second kappa shape index (κ2) is 6.65. The van der Waals surface area contributed by atoms with Gasteiger partial charge in [0.2, 0.25) is 5.91 Å². The van der Waals surface area contributed by atoms with Gasteiger partial charge in [-0.25, -0.2) is 0 Å². The van der Waals surface area contributed by atoms with Gasteiger partial charge in [0.25, 0.3) is 0 Å². The van der Waals surface area contributed by atoms with E-state index >= 15 is 0 Å². The Morgan fingerprint density at radius 1 is 1.41 bits per heavy atom. The molecule has 1 heterocycles. The maximum Gasteiger partial charge on any atom is 0.220 e. The van der Waals surface area contributed by atoms with Gasteiger partial charge in [0.1, 0.15) is 24.6 Å². The molecule has 1 aliphatic rings. The second-order valence-corrected chi connectivity index (χ2v) is 3.91. The lowest BCUT2D eigenvalue weighted by molar-refractivity contribution is -0.164. The molecular weight excluding hydrogens is 230 g/mol. The maximum atomic E-state index is 11.3. The lowest BCUT2D eigenvalue weighted by atomic mass is 9.98. The van der Waals surface area contributed by atoms with Gasteiger partial charge in [-0.05, 0) is 0 Å². The fraction of sp³-hybridized carbons (Fsp3) is 0.800.